The summed E-state index contributed by atoms with van der Waals surface area (Å²) in [6.45, 7) is 0. The lowest BCUT2D eigenvalue weighted by atomic mass is 10.2. The van der Waals surface area contributed by atoms with E-state index in [-0.39, 0.29) is 16.7 Å². The van der Waals surface area contributed by atoms with E-state index in [1.165, 1.54) is 4.68 Å². The molecule has 7 heteroatoms. The first-order valence-electron chi connectivity index (χ1n) is 3.48. The number of aryl methyl sites for hydroxylation is 1. The van der Waals surface area contributed by atoms with Gasteiger partial charge in [-0.25, -0.2) is 0 Å². The summed E-state index contributed by atoms with van der Waals surface area (Å²) in [7, 11) is 1.55. The van der Waals surface area contributed by atoms with Crippen LogP contribution in [0, 0.1) is 10.1 Å². The minimum atomic E-state index is -0.909. The van der Waals surface area contributed by atoms with Gasteiger partial charge in [-0.05, 0) is 0 Å². The van der Waals surface area contributed by atoms with E-state index in [9.17, 15) is 15.2 Å². The first-order chi connectivity index (χ1) is 6.07. The Kier molecular flexibility index (Phi) is 2.99. The second kappa shape index (κ2) is 3.84. The number of nitrogens with zero attached hydrogens (tertiary/aromatic N) is 3. The number of halogens is 1. The van der Waals surface area contributed by atoms with Crippen molar-refractivity contribution in [3.8, 4) is 0 Å². The van der Waals surface area contributed by atoms with Crippen LogP contribution in [0.2, 0.25) is 0 Å². The number of aromatic nitrogens is 2. The number of nitro groups is 1. The standard InChI is InChI=1S/C6H8BrN3O3/c1-9-6(5(11)2-7)4(3-8-9)10(12)13/h3,5,11H,2H2,1H3. The van der Waals surface area contributed by atoms with Crippen LogP contribution in [-0.4, -0.2) is 25.1 Å². The number of hydrogen-bond donors (Lipinski definition) is 1. The van der Waals surface area contributed by atoms with Gasteiger partial charge in [0, 0.05) is 12.4 Å². The van der Waals surface area contributed by atoms with Gasteiger partial charge >= 0.3 is 5.69 Å². The van der Waals surface area contributed by atoms with E-state index in [4.69, 9.17) is 0 Å². The Morgan fingerprint density at radius 2 is 2.54 bits per heavy atom. The molecular formula is C6H8BrN3O3. The molecular weight excluding hydrogens is 242 g/mol. The molecule has 0 aliphatic carbocycles. The summed E-state index contributed by atoms with van der Waals surface area (Å²) >= 11 is 3.04. The lowest BCUT2D eigenvalue weighted by Gasteiger charge is -2.05. The molecule has 72 valence electrons. The summed E-state index contributed by atoms with van der Waals surface area (Å²) in [4.78, 5) is 9.92. The second-order valence-electron chi connectivity index (χ2n) is 2.47. The molecule has 0 saturated heterocycles. The minimum Gasteiger partial charge on any atom is -0.386 e. The van der Waals surface area contributed by atoms with Gasteiger partial charge in [-0.3, -0.25) is 14.8 Å². The summed E-state index contributed by atoms with van der Waals surface area (Å²) in [5.74, 6) is 0. The molecule has 1 atom stereocenters. The SMILES string of the molecule is Cn1ncc([N+](=O)[O-])c1C(O)CBr. The third-order valence-electron chi connectivity index (χ3n) is 1.62. The highest BCUT2D eigenvalue weighted by molar-refractivity contribution is 9.09. The monoisotopic (exact) mass is 249 g/mol. The maximum absolute atomic E-state index is 10.5. The van der Waals surface area contributed by atoms with Gasteiger partial charge in [0.1, 0.15) is 18.0 Å². The van der Waals surface area contributed by atoms with E-state index < -0.39 is 11.0 Å². The molecule has 1 aromatic heterocycles. The molecule has 1 aromatic rings. The van der Waals surface area contributed by atoms with Gasteiger partial charge in [0.2, 0.25) is 0 Å². The van der Waals surface area contributed by atoms with Crippen molar-refractivity contribution in [1.82, 2.24) is 9.78 Å². The van der Waals surface area contributed by atoms with Gasteiger partial charge in [0.25, 0.3) is 0 Å². The molecule has 0 aromatic carbocycles. The molecule has 0 aliphatic heterocycles. The quantitative estimate of drug-likeness (QED) is 0.487. The molecule has 1 rings (SSSR count). The van der Waals surface area contributed by atoms with Crippen LogP contribution in [0.3, 0.4) is 0 Å². The van der Waals surface area contributed by atoms with Crippen LogP contribution >= 0.6 is 15.9 Å². The summed E-state index contributed by atoms with van der Waals surface area (Å²) in [5.41, 5.74) is 0.0522. The van der Waals surface area contributed by atoms with Crippen molar-refractivity contribution in [2.24, 2.45) is 7.05 Å². The first-order valence-corrected chi connectivity index (χ1v) is 4.60. The van der Waals surface area contributed by atoms with Crippen LogP contribution in [0.25, 0.3) is 0 Å². The molecule has 0 saturated carbocycles. The highest BCUT2D eigenvalue weighted by Gasteiger charge is 2.24. The zero-order valence-corrected chi connectivity index (χ0v) is 8.43. The number of hydrogen-bond acceptors (Lipinski definition) is 4. The normalized spacial score (nSPS) is 12.8. The predicted octanol–water partition coefficient (Wildman–Crippen LogP) is 0.757. The third-order valence-corrected chi connectivity index (χ3v) is 2.24. The Morgan fingerprint density at radius 3 is 3.00 bits per heavy atom. The van der Waals surface area contributed by atoms with E-state index in [1.54, 1.807) is 7.05 Å². The van der Waals surface area contributed by atoms with E-state index in [0.29, 0.717) is 0 Å². The number of aliphatic hydroxyl groups is 1. The number of aliphatic hydroxyl groups excluding tert-OH is 1. The van der Waals surface area contributed by atoms with E-state index in [2.05, 4.69) is 21.0 Å². The average molecular weight is 250 g/mol. The molecule has 0 bridgehead atoms. The molecule has 13 heavy (non-hydrogen) atoms. The maximum Gasteiger partial charge on any atom is 0.312 e. The van der Waals surface area contributed by atoms with Crippen molar-refractivity contribution in [3.05, 3.63) is 22.0 Å². The summed E-state index contributed by atoms with van der Waals surface area (Å²) < 4.78 is 1.30. The molecule has 0 spiro atoms. The summed E-state index contributed by atoms with van der Waals surface area (Å²) in [6, 6.07) is 0. The van der Waals surface area contributed by atoms with Gasteiger partial charge in [0.05, 0.1) is 4.92 Å². The van der Waals surface area contributed by atoms with Crippen LogP contribution in [0.4, 0.5) is 5.69 Å². The van der Waals surface area contributed by atoms with Crippen molar-refractivity contribution in [1.29, 1.82) is 0 Å². The van der Waals surface area contributed by atoms with Crippen molar-refractivity contribution in [3.63, 3.8) is 0 Å². The van der Waals surface area contributed by atoms with Crippen LogP contribution in [0.15, 0.2) is 6.20 Å². The lowest BCUT2D eigenvalue weighted by molar-refractivity contribution is -0.386. The van der Waals surface area contributed by atoms with Crippen molar-refractivity contribution in [2.45, 2.75) is 6.10 Å². The molecule has 1 unspecified atom stereocenters. The van der Waals surface area contributed by atoms with Crippen LogP contribution < -0.4 is 0 Å². The topological polar surface area (TPSA) is 81.2 Å². The van der Waals surface area contributed by atoms with E-state index in [0.717, 1.165) is 6.20 Å². The zero-order chi connectivity index (χ0) is 10.0. The first kappa shape index (κ1) is 10.1. The van der Waals surface area contributed by atoms with Gasteiger partial charge in [-0.15, -0.1) is 0 Å². The maximum atomic E-state index is 10.5. The Bertz CT molecular complexity index is 325. The fourth-order valence-corrected chi connectivity index (χ4v) is 1.34. The van der Waals surface area contributed by atoms with Gasteiger partial charge in [0.15, 0.2) is 0 Å². The molecule has 1 N–H and O–H groups in total. The van der Waals surface area contributed by atoms with Crippen LogP contribution in [0.5, 0.6) is 0 Å². The molecule has 0 aliphatic rings. The van der Waals surface area contributed by atoms with Crippen molar-refractivity contribution >= 4 is 21.6 Å². The van der Waals surface area contributed by atoms with Crippen LogP contribution in [0.1, 0.15) is 11.8 Å². The molecule has 1 heterocycles. The van der Waals surface area contributed by atoms with Gasteiger partial charge in [-0.1, -0.05) is 15.9 Å². The highest BCUT2D eigenvalue weighted by atomic mass is 79.9. The van der Waals surface area contributed by atoms with Gasteiger partial charge < -0.3 is 5.11 Å². The molecule has 6 nitrogen and oxygen atoms in total. The van der Waals surface area contributed by atoms with E-state index in [1.807, 2.05) is 0 Å². The Balaban J connectivity index is 3.15. The number of alkyl halides is 1. The summed E-state index contributed by atoms with van der Waals surface area (Å²) in [6.07, 6.45) is 0.217. The Morgan fingerprint density at radius 1 is 1.92 bits per heavy atom. The molecule has 0 fully saturated rings. The predicted molar refractivity (Wildman–Crippen MR) is 48.6 cm³/mol. The molecule has 0 radical (unpaired) electrons. The van der Waals surface area contributed by atoms with Crippen molar-refractivity contribution < 1.29 is 10.0 Å². The largest absolute Gasteiger partial charge is 0.386 e. The summed E-state index contributed by atoms with van der Waals surface area (Å²) in [5, 5.41) is 23.8. The Labute approximate surface area is 82.4 Å². The van der Waals surface area contributed by atoms with E-state index >= 15 is 0 Å². The average Bonchev–Trinajstić information content (AvgIpc) is 2.46. The fourth-order valence-electron chi connectivity index (χ4n) is 1.04. The highest BCUT2D eigenvalue weighted by Crippen LogP contribution is 2.24. The molecule has 0 amide bonds. The fraction of sp³-hybridized carbons (Fsp3) is 0.500. The van der Waals surface area contributed by atoms with Gasteiger partial charge in [-0.2, -0.15) is 5.10 Å². The third kappa shape index (κ3) is 1.86. The lowest BCUT2D eigenvalue weighted by Crippen LogP contribution is -2.08. The van der Waals surface area contributed by atoms with Crippen molar-refractivity contribution in [2.75, 3.05) is 5.33 Å². The Hall–Kier alpha value is -0.950. The van der Waals surface area contributed by atoms with Crippen LogP contribution in [-0.2, 0) is 7.05 Å². The zero-order valence-electron chi connectivity index (χ0n) is 6.85. The smallest absolute Gasteiger partial charge is 0.312 e. The second-order valence-corrected chi connectivity index (χ2v) is 3.11. The minimum absolute atomic E-state index is 0.158. The number of rotatable bonds is 3.